The fraction of sp³-hybridized carbons (Fsp3) is 0.167. The van der Waals surface area contributed by atoms with Crippen LogP contribution in [0.2, 0.25) is 10.0 Å². The Morgan fingerprint density at radius 1 is 1.44 bits per heavy atom. The van der Waals surface area contributed by atoms with Crippen molar-refractivity contribution in [2.45, 2.75) is 13.5 Å². The number of hydrogen-bond acceptors (Lipinski definition) is 2. The number of carboxylic acid groups (broad SMARTS) is 1. The van der Waals surface area contributed by atoms with Crippen molar-refractivity contribution in [1.82, 2.24) is 9.78 Å². The first-order valence-electron chi connectivity index (χ1n) is 5.29. The maximum Gasteiger partial charge on any atom is 0.339 e. The highest BCUT2D eigenvalue weighted by atomic mass is 35.5. The van der Waals surface area contributed by atoms with E-state index in [-0.39, 0.29) is 5.56 Å². The monoisotopic (exact) mass is 284 g/mol. The number of rotatable bonds is 3. The molecule has 1 aromatic carbocycles. The van der Waals surface area contributed by atoms with Crippen LogP contribution in [0.25, 0.3) is 11.3 Å². The lowest BCUT2D eigenvalue weighted by Crippen LogP contribution is -1.97. The quantitative estimate of drug-likeness (QED) is 0.937. The van der Waals surface area contributed by atoms with Gasteiger partial charge in [-0.1, -0.05) is 23.2 Å². The van der Waals surface area contributed by atoms with E-state index >= 15 is 0 Å². The topological polar surface area (TPSA) is 55.1 Å². The lowest BCUT2D eigenvalue weighted by molar-refractivity contribution is 0.0697. The first-order valence-corrected chi connectivity index (χ1v) is 6.04. The second kappa shape index (κ2) is 5.00. The summed E-state index contributed by atoms with van der Waals surface area (Å²) in [6, 6.07) is 4.87. The molecule has 0 aliphatic rings. The number of halogens is 2. The van der Waals surface area contributed by atoms with Crippen molar-refractivity contribution < 1.29 is 9.90 Å². The summed E-state index contributed by atoms with van der Waals surface area (Å²) in [6.07, 6.45) is 1.48. The van der Waals surface area contributed by atoms with Crippen molar-refractivity contribution in [2.24, 2.45) is 0 Å². The van der Waals surface area contributed by atoms with E-state index < -0.39 is 5.97 Å². The molecular formula is C12H10Cl2N2O2. The number of nitrogens with zero attached hydrogens (tertiary/aromatic N) is 2. The Morgan fingerprint density at radius 2 is 2.17 bits per heavy atom. The van der Waals surface area contributed by atoms with E-state index in [9.17, 15) is 4.79 Å². The predicted octanol–water partition coefficient (Wildman–Crippen LogP) is 3.58. The summed E-state index contributed by atoms with van der Waals surface area (Å²) < 4.78 is 1.55. The number of carbonyl (C=O) groups is 1. The molecule has 6 heteroatoms. The van der Waals surface area contributed by atoms with Crippen molar-refractivity contribution in [3.05, 3.63) is 40.0 Å². The number of carboxylic acids is 1. The summed E-state index contributed by atoms with van der Waals surface area (Å²) >= 11 is 12.0. The molecule has 0 atom stereocenters. The Morgan fingerprint density at radius 3 is 2.78 bits per heavy atom. The number of aromatic nitrogens is 2. The molecule has 0 bridgehead atoms. The van der Waals surface area contributed by atoms with Crippen LogP contribution in [0.15, 0.2) is 24.4 Å². The Bertz CT molecular complexity index is 608. The van der Waals surface area contributed by atoms with Crippen LogP contribution in [0.3, 0.4) is 0 Å². The molecule has 94 valence electrons. The smallest absolute Gasteiger partial charge is 0.339 e. The maximum atomic E-state index is 11.2. The third-order valence-electron chi connectivity index (χ3n) is 2.50. The average molecular weight is 285 g/mol. The zero-order chi connectivity index (χ0) is 13.3. The van der Waals surface area contributed by atoms with Crippen LogP contribution in [-0.2, 0) is 6.54 Å². The second-order valence-corrected chi connectivity index (χ2v) is 4.52. The van der Waals surface area contributed by atoms with E-state index in [1.807, 2.05) is 6.92 Å². The van der Waals surface area contributed by atoms with Gasteiger partial charge in [-0.2, -0.15) is 5.10 Å². The SMILES string of the molecule is CCn1cc(C(=O)O)c(-c2cc(Cl)ccc2Cl)n1. The normalized spacial score (nSPS) is 10.6. The molecule has 2 rings (SSSR count). The van der Waals surface area contributed by atoms with Crippen LogP contribution in [0.4, 0.5) is 0 Å². The first kappa shape index (κ1) is 12.9. The molecule has 0 aliphatic heterocycles. The number of hydrogen-bond donors (Lipinski definition) is 1. The van der Waals surface area contributed by atoms with Crippen LogP contribution < -0.4 is 0 Å². The van der Waals surface area contributed by atoms with Crippen LogP contribution >= 0.6 is 23.2 Å². The van der Waals surface area contributed by atoms with Crippen LogP contribution in [0, 0.1) is 0 Å². The molecule has 0 spiro atoms. The number of benzene rings is 1. The molecule has 2 aromatic rings. The van der Waals surface area contributed by atoms with E-state index in [1.165, 1.54) is 6.20 Å². The number of aryl methyl sites for hydroxylation is 1. The minimum Gasteiger partial charge on any atom is -0.478 e. The maximum absolute atomic E-state index is 11.2. The fourth-order valence-corrected chi connectivity index (χ4v) is 2.00. The third-order valence-corrected chi connectivity index (χ3v) is 3.06. The van der Waals surface area contributed by atoms with Gasteiger partial charge in [-0.25, -0.2) is 4.79 Å². The van der Waals surface area contributed by atoms with Gasteiger partial charge >= 0.3 is 5.97 Å². The van der Waals surface area contributed by atoms with Crippen LogP contribution in [0.1, 0.15) is 17.3 Å². The van der Waals surface area contributed by atoms with Crippen molar-refractivity contribution in [3.63, 3.8) is 0 Å². The fourth-order valence-electron chi connectivity index (χ4n) is 1.62. The predicted molar refractivity (Wildman–Crippen MR) is 70.3 cm³/mol. The highest BCUT2D eigenvalue weighted by Crippen LogP contribution is 2.31. The van der Waals surface area contributed by atoms with Crippen molar-refractivity contribution in [2.75, 3.05) is 0 Å². The summed E-state index contributed by atoms with van der Waals surface area (Å²) in [4.78, 5) is 11.2. The van der Waals surface area contributed by atoms with Crippen molar-refractivity contribution >= 4 is 29.2 Å². The second-order valence-electron chi connectivity index (χ2n) is 3.68. The van der Waals surface area contributed by atoms with Crippen molar-refractivity contribution in [3.8, 4) is 11.3 Å². The van der Waals surface area contributed by atoms with Crippen LogP contribution in [0.5, 0.6) is 0 Å². The van der Waals surface area contributed by atoms with Crippen molar-refractivity contribution in [1.29, 1.82) is 0 Å². The molecule has 0 saturated carbocycles. The van der Waals surface area contributed by atoms with Gasteiger partial charge in [0.25, 0.3) is 0 Å². The molecule has 1 N–H and O–H groups in total. The summed E-state index contributed by atoms with van der Waals surface area (Å²) in [5.41, 5.74) is 0.964. The molecule has 1 heterocycles. The Labute approximate surface area is 114 Å². The lowest BCUT2D eigenvalue weighted by atomic mass is 10.1. The molecule has 1 aromatic heterocycles. The van der Waals surface area contributed by atoms with Gasteiger partial charge < -0.3 is 5.11 Å². The van der Waals surface area contributed by atoms with E-state index in [0.29, 0.717) is 27.8 Å². The molecule has 0 fully saturated rings. The van der Waals surface area contributed by atoms with E-state index in [4.69, 9.17) is 28.3 Å². The highest BCUT2D eigenvalue weighted by molar-refractivity contribution is 6.35. The Hall–Kier alpha value is -1.52. The van der Waals surface area contributed by atoms with Gasteiger partial charge in [-0.15, -0.1) is 0 Å². The molecule has 18 heavy (non-hydrogen) atoms. The van der Waals surface area contributed by atoms with Gasteiger partial charge in [0, 0.05) is 23.3 Å². The molecule has 0 saturated heterocycles. The molecule has 0 radical (unpaired) electrons. The summed E-state index contributed by atoms with van der Waals surface area (Å²) in [7, 11) is 0. The zero-order valence-electron chi connectivity index (χ0n) is 9.52. The first-order chi connectivity index (χ1) is 8.52. The summed E-state index contributed by atoms with van der Waals surface area (Å²) in [6.45, 7) is 2.46. The molecule has 4 nitrogen and oxygen atoms in total. The molecule has 0 aliphatic carbocycles. The third kappa shape index (κ3) is 2.35. The molecule has 0 amide bonds. The lowest BCUT2D eigenvalue weighted by Gasteiger charge is -2.03. The van der Waals surface area contributed by atoms with Gasteiger partial charge in [0.05, 0.1) is 5.02 Å². The van der Waals surface area contributed by atoms with E-state index in [2.05, 4.69) is 5.10 Å². The van der Waals surface area contributed by atoms with Gasteiger partial charge in [-0.05, 0) is 25.1 Å². The van der Waals surface area contributed by atoms with E-state index in [0.717, 1.165) is 0 Å². The minimum atomic E-state index is -1.04. The standard InChI is InChI=1S/C12H10Cl2N2O2/c1-2-16-6-9(12(17)18)11(15-16)8-5-7(13)3-4-10(8)14/h3-6H,2H2,1H3,(H,17,18). The van der Waals surface area contributed by atoms with Gasteiger partial charge in [0.15, 0.2) is 0 Å². The van der Waals surface area contributed by atoms with E-state index in [1.54, 1.807) is 22.9 Å². The Kier molecular flexibility index (Phi) is 3.59. The van der Waals surface area contributed by atoms with Crippen LogP contribution in [-0.4, -0.2) is 20.9 Å². The Balaban J connectivity index is 2.65. The van der Waals surface area contributed by atoms with Gasteiger partial charge in [-0.3, -0.25) is 4.68 Å². The highest BCUT2D eigenvalue weighted by Gasteiger charge is 2.19. The molecular weight excluding hydrogens is 275 g/mol. The summed E-state index contributed by atoms with van der Waals surface area (Å²) in [5.74, 6) is -1.04. The average Bonchev–Trinajstić information content (AvgIpc) is 2.76. The minimum absolute atomic E-state index is 0.112. The van der Waals surface area contributed by atoms with Gasteiger partial charge in [0.1, 0.15) is 11.3 Å². The largest absolute Gasteiger partial charge is 0.478 e. The summed E-state index contributed by atoms with van der Waals surface area (Å²) in [5, 5.41) is 14.3. The molecule has 0 unspecified atom stereocenters. The van der Waals surface area contributed by atoms with Gasteiger partial charge in [0.2, 0.25) is 0 Å². The zero-order valence-corrected chi connectivity index (χ0v) is 11.0. The number of aromatic carboxylic acids is 1.